The molecule has 0 saturated carbocycles. The van der Waals surface area contributed by atoms with Crippen molar-refractivity contribution in [1.29, 1.82) is 0 Å². The van der Waals surface area contributed by atoms with E-state index in [0.29, 0.717) is 28.0 Å². The van der Waals surface area contributed by atoms with E-state index in [1.807, 2.05) is 36.4 Å². The Morgan fingerprint density at radius 1 is 1.10 bits per heavy atom. The maximum atomic E-state index is 13.5. The highest BCUT2D eigenvalue weighted by molar-refractivity contribution is 7.22. The summed E-state index contributed by atoms with van der Waals surface area (Å²) in [5.41, 5.74) is 1.28. The third-order valence-corrected chi connectivity index (χ3v) is 5.95. The molecule has 0 bridgehead atoms. The molecule has 3 heterocycles. The molecule has 0 unspecified atom stereocenters. The summed E-state index contributed by atoms with van der Waals surface area (Å²) in [6.45, 7) is 0.219. The minimum absolute atomic E-state index is 0.197. The van der Waals surface area contributed by atoms with Gasteiger partial charge >= 0.3 is 0 Å². The Bertz CT molecular complexity index is 1370. The van der Waals surface area contributed by atoms with Crippen LogP contribution >= 0.6 is 11.3 Å². The Labute approximate surface area is 181 Å². The summed E-state index contributed by atoms with van der Waals surface area (Å²) in [6.07, 6.45) is 1.58. The van der Waals surface area contributed by atoms with Crippen molar-refractivity contribution >= 4 is 43.6 Å². The van der Waals surface area contributed by atoms with E-state index in [-0.39, 0.29) is 18.2 Å². The van der Waals surface area contributed by atoms with Crippen LogP contribution < -0.4 is 14.4 Å². The van der Waals surface area contributed by atoms with Crippen LogP contribution in [0.4, 0.5) is 5.13 Å². The van der Waals surface area contributed by atoms with Crippen LogP contribution in [0.1, 0.15) is 16.3 Å². The summed E-state index contributed by atoms with van der Waals surface area (Å²) in [4.78, 5) is 19.8. The van der Waals surface area contributed by atoms with E-state index in [0.717, 1.165) is 15.6 Å². The number of fused-ring (bicyclic) bond motifs is 2. The molecule has 7 nitrogen and oxygen atoms in total. The first kappa shape index (κ1) is 19.2. The first-order valence-electron chi connectivity index (χ1n) is 9.51. The van der Waals surface area contributed by atoms with Gasteiger partial charge < -0.3 is 18.3 Å². The molecule has 0 aliphatic carbocycles. The number of ether oxygens (including phenoxy) is 2. The third kappa shape index (κ3) is 3.51. The number of anilines is 1. The first-order valence-corrected chi connectivity index (χ1v) is 10.3. The van der Waals surface area contributed by atoms with E-state index < -0.39 is 0 Å². The molecule has 0 aliphatic rings. The number of thiazole rings is 1. The van der Waals surface area contributed by atoms with Gasteiger partial charge in [0.1, 0.15) is 11.5 Å². The first-order chi connectivity index (χ1) is 15.2. The molecule has 0 N–H and O–H groups in total. The quantitative estimate of drug-likeness (QED) is 0.351. The van der Waals surface area contributed by atoms with E-state index in [4.69, 9.17) is 18.3 Å². The summed E-state index contributed by atoms with van der Waals surface area (Å²) in [5.74, 6) is 1.79. The molecule has 3 aromatic heterocycles. The predicted octanol–water partition coefficient (Wildman–Crippen LogP) is 5.50. The molecule has 31 heavy (non-hydrogen) atoms. The van der Waals surface area contributed by atoms with Crippen molar-refractivity contribution in [3.8, 4) is 11.5 Å². The molecule has 0 radical (unpaired) electrons. The Balaban J connectivity index is 1.58. The second-order valence-corrected chi connectivity index (χ2v) is 7.80. The van der Waals surface area contributed by atoms with Crippen molar-refractivity contribution in [2.45, 2.75) is 6.54 Å². The average molecular weight is 434 g/mol. The highest BCUT2D eigenvalue weighted by Crippen LogP contribution is 2.34. The van der Waals surface area contributed by atoms with Gasteiger partial charge in [-0.2, -0.15) is 0 Å². The molecule has 156 valence electrons. The van der Waals surface area contributed by atoms with Crippen molar-refractivity contribution in [3.63, 3.8) is 0 Å². The van der Waals surface area contributed by atoms with Gasteiger partial charge in [-0.1, -0.05) is 23.5 Å². The van der Waals surface area contributed by atoms with Gasteiger partial charge in [-0.25, -0.2) is 4.98 Å². The number of methoxy groups -OCH3 is 2. The van der Waals surface area contributed by atoms with Crippen molar-refractivity contribution < 1.29 is 23.1 Å². The molecule has 1 amide bonds. The minimum atomic E-state index is -0.319. The minimum Gasteiger partial charge on any atom is -0.497 e. The molecule has 5 aromatic rings. The average Bonchev–Trinajstić information content (AvgIpc) is 3.54. The van der Waals surface area contributed by atoms with Crippen LogP contribution in [0.25, 0.3) is 21.2 Å². The van der Waals surface area contributed by atoms with Crippen LogP contribution in [-0.4, -0.2) is 25.1 Å². The predicted molar refractivity (Wildman–Crippen MR) is 118 cm³/mol. The number of furan rings is 2. The summed E-state index contributed by atoms with van der Waals surface area (Å²) in [7, 11) is 3.18. The summed E-state index contributed by atoms with van der Waals surface area (Å²) < 4.78 is 23.0. The topological polar surface area (TPSA) is 77.9 Å². The SMILES string of the molecule is COc1ccc2sc(N(Cc3ccco3)C(=O)c3cc4cccc(OC)c4o3)nc2c1. The van der Waals surface area contributed by atoms with Gasteiger partial charge in [-0.05, 0) is 36.4 Å². The number of carbonyl (C=O) groups is 1. The molecule has 0 fully saturated rings. The zero-order chi connectivity index (χ0) is 21.4. The van der Waals surface area contributed by atoms with Gasteiger partial charge in [0.15, 0.2) is 22.2 Å². The van der Waals surface area contributed by atoms with Gasteiger partial charge in [0, 0.05) is 11.5 Å². The molecular weight excluding hydrogens is 416 g/mol. The zero-order valence-corrected chi connectivity index (χ0v) is 17.6. The second-order valence-electron chi connectivity index (χ2n) is 6.79. The summed E-state index contributed by atoms with van der Waals surface area (Å²) >= 11 is 1.41. The maximum Gasteiger partial charge on any atom is 0.296 e. The van der Waals surface area contributed by atoms with Crippen molar-refractivity contribution in [2.75, 3.05) is 19.1 Å². The number of aromatic nitrogens is 1. The van der Waals surface area contributed by atoms with Crippen LogP contribution in [0.2, 0.25) is 0 Å². The summed E-state index contributed by atoms with van der Waals surface area (Å²) in [6, 6.07) is 16.5. The molecule has 0 atom stereocenters. The van der Waals surface area contributed by atoms with Gasteiger partial charge in [-0.15, -0.1) is 0 Å². The number of rotatable bonds is 6. The van der Waals surface area contributed by atoms with E-state index in [1.54, 1.807) is 43.6 Å². The lowest BCUT2D eigenvalue weighted by molar-refractivity contribution is 0.0958. The van der Waals surface area contributed by atoms with Gasteiger partial charge in [-0.3, -0.25) is 9.69 Å². The number of para-hydroxylation sites is 1. The van der Waals surface area contributed by atoms with Gasteiger partial charge in [0.2, 0.25) is 0 Å². The van der Waals surface area contributed by atoms with Crippen LogP contribution in [0, 0.1) is 0 Å². The van der Waals surface area contributed by atoms with Crippen molar-refractivity contribution in [1.82, 2.24) is 4.98 Å². The third-order valence-electron chi connectivity index (χ3n) is 4.89. The fourth-order valence-corrected chi connectivity index (χ4v) is 4.30. The standard InChI is InChI=1S/C23H18N2O5S/c1-27-15-8-9-20-17(12-15)24-23(31-20)25(13-16-6-4-10-29-16)22(26)19-11-14-5-3-7-18(28-2)21(14)30-19/h3-12H,13H2,1-2H3. The molecular formula is C23H18N2O5S. The molecule has 0 spiro atoms. The highest BCUT2D eigenvalue weighted by atomic mass is 32.1. The molecule has 2 aromatic carbocycles. The number of hydrogen-bond donors (Lipinski definition) is 0. The highest BCUT2D eigenvalue weighted by Gasteiger charge is 2.26. The number of carbonyl (C=O) groups excluding carboxylic acids is 1. The van der Waals surface area contributed by atoms with Gasteiger partial charge in [0.25, 0.3) is 5.91 Å². The Morgan fingerprint density at radius 2 is 2.00 bits per heavy atom. The lowest BCUT2D eigenvalue weighted by Crippen LogP contribution is -2.29. The van der Waals surface area contributed by atoms with Gasteiger partial charge in [0.05, 0.1) is 37.2 Å². The Morgan fingerprint density at radius 3 is 2.77 bits per heavy atom. The normalized spacial score (nSPS) is 11.2. The lowest BCUT2D eigenvalue weighted by Gasteiger charge is -2.17. The molecule has 0 saturated heterocycles. The summed E-state index contributed by atoms with van der Waals surface area (Å²) in [5, 5.41) is 1.33. The van der Waals surface area contributed by atoms with E-state index in [9.17, 15) is 4.79 Å². The van der Waals surface area contributed by atoms with Crippen LogP contribution in [0.5, 0.6) is 11.5 Å². The number of hydrogen-bond acceptors (Lipinski definition) is 7. The van der Waals surface area contributed by atoms with E-state index in [2.05, 4.69) is 4.98 Å². The number of amides is 1. The van der Waals surface area contributed by atoms with Crippen LogP contribution in [0.3, 0.4) is 0 Å². The largest absolute Gasteiger partial charge is 0.497 e. The fraction of sp³-hybridized carbons (Fsp3) is 0.130. The Kier molecular flexibility index (Phi) is 4.83. The molecule has 8 heteroatoms. The van der Waals surface area contributed by atoms with Crippen molar-refractivity contribution in [3.05, 3.63) is 72.4 Å². The van der Waals surface area contributed by atoms with E-state index in [1.165, 1.54) is 11.3 Å². The van der Waals surface area contributed by atoms with Crippen LogP contribution in [-0.2, 0) is 6.54 Å². The maximum absolute atomic E-state index is 13.5. The number of benzene rings is 2. The van der Waals surface area contributed by atoms with E-state index >= 15 is 0 Å². The monoisotopic (exact) mass is 434 g/mol. The zero-order valence-electron chi connectivity index (χ0n) is 16.8. The fourth-order valence-electron chi connectivity index (χ4n) is 3.36. The van der Waals surface area contributed by atoms with Crippen LogP contribution in [0.15, 0.2) is 69.7 Å². The smallest absolute Gasteiger partial charge is 0.296 e. The van der Waals surface area contributed by atoms with Crippen molar-refractivity contribution in [2.24, 2.45) is 0 Å². The molecule has 5 rings (SSSR count). The number of nitrogens with zero attached hydrogens (tertiary/aromatic N) is 2. The Hall–Kier alpha value is -3.78. The lowest BCUT2D eigenvalue weighted by atomic mass is 10.2. The second kappa shape index (κ2) is 7.81. The molecule has 0 aliphatic heterocycles.